The summed E-state index contributed by atoms with van der Waals surface area (Å²) in [6.07, 6.45) is 0.408. The fraction of sp³-hybridized carbons (Fsp3) is 0.457. The zero-order chi connectivity index (χ0) is 29.4. The van der Waals surface area contributed by atoms with Crippen LogP contribution in [0.2, 0.25) is 0 Å². The average Bonchev–Trinajstić information content (AvgIpc) is 3.02. The molecule has 3 aromatic rings. The molecular weight excluding hydrogens is 536 g/mol. The first kappa shape index (κ1) is 30.3. The van der Waals surface area contributed by atoms with Crippen molar-refractivity contribution in [3.63, 3.8) is 0 Å². The van der Waals surface area contributed by atoms with Gasteiger partial charge in [-0.1, -0.05) is 91.0 Å². The molecule has 1 aliphatic heterocycles. The molecule has 42 heavy (non-hydrogen) atoms. The van der Waals surface area contributed by atoms with Gasteiger partial charge in [0.1, 0.15) is 18.3 Å². The number of amides is 1. The number of alkyl halides is 2. The van der Waals surface area contributed by atoms with Gasteiger partial charge in [0.25, 0.3) is 0 Å². The van der Waals surface area contributed by atoms with Crippen LogP contribution in [0.25, 0.3) is 0 Å². The van der Waals surface area contributed by atoms with E-state index in [9.17, 15) is 13.6 Å². The smallest absolute Gasteiger partial charge is 0.248 e. The van der Waals surface area contributed by atoms with Crippen LogP contribution < -0.4 is 0 Å². The van der Waals surface area contributed by atoms with Gasteiger partial charge in [-0.3, -0.25) is 4.79 Å². The van der Waals surface area contributed by atoms with E-state index in [1.165, 1.54) is 0 Å². The van der Waals surface area contributed by atoms with E-state index in [2.05, 4.69) is 0 Å². The van der Waals surface area contributed by atoms with E-state index in [4.69, 9.17) is 14.2 Å². The standard InChI is InChI=1S/C35H41F2NO4/c1-35(36,37)30-19-17-29(18-20-30)34(39)38-21-31(40-23-26-11-5-2-6-12-26)33(42-25-28-15-9-4-10-16-28)32(22-38)41-24-27-13-7-3-8-14-27/h2-16,29-33H,17-25H2,1H3. The Labute approximate surface area is 247 Å². The molecule has 3 aromatic carbocycles. The van der Waals surface area contributed by atoms with E-state index in [1.807, 2.05) is 95.9 Å². The van der Waals surface area contributed by atoms with E-state index in [-0.39, 0.29) is 11.8 Å². The van der Waals surface area contributed by atoms with Crippen LogP contribution in [0.4, 0.5) is 8.78 Å². The van der Waals surface area contributed by atoms with Crippen LogP contribution in [-0.4, -0.2) is 48.1 Å². The summed E-state index contributed by atoms with van der Waals surface area (Å²) >= 11 is 0. The largest absolute Gasteiger partial charge is 0.369 e. The summed E-state index contributed by atoms with van der Waals surface area (Å²) in [6, 6.07) is 29.8. The van der Waals surface area contributed by atoms with E-state index in [0.717, 1.165) is 23.6 Å². The van der Waals surface area contributed by atoms with Crippen LogP contribution in [0.1, 0.15) is 49.3 Å². The molecule has 0 radical (unpaired) electrons. The number of carbonyl (C=O) groups is 1. The SMILES string of the molecule is CC(F)(F)C1CCC(C(=O)N2CC(OCc3ccccc3)C(OCc3ccccc3)C(OCc3ccccc3)C2)CC1. The molecule has 1 heterocycles. The summed E-state index contributed by atoms with van der Waals surface area (Å²) in [6.45, 7) is 2.86. The topological polar surface area (TPSA) is 48.0 Å². The molecule has 1 saturated carbocycles. The van der Waals surface area contributed by atoms with Crippen molar-refractivity contribution in [3.05, 3.63) is 108 Å². The van der Waals surface area contributed by atoms with Gasteiger partial charge in [-0.2, -0.15) is 0 Å². The van der Waals surface area contributed by atoms with Crippen molar-refractivity contribution in [2.45, 2.75) is 76.7 Å². The highest BCUT2D eigenvalue weighted by molar-refractivity contribution is 5.79. The molecule has 0 aromatic heterocycles. The van der Waals surface area contributed by atoms with Crippen LogP contribution in [0.5, 0.6) is 0 Å². The first-order valence-corrected chi connectivity index (χ1v) is 15.0. The quantitative estimate of drug-likeness (QED) is 0.245. The lowest BCUT2D eigenvalue weighted by Crippen LogP contribution is -2.60. The van der Waals surface area contributed by atoms with Crippen molar-refractivity contribution < 1.29 is 27.8 Å². The molecule has 2 unspecified atom stereocenters. The summed E-state index contributed by atoms with van der Waals surface area (Å²) in [7, 11) is 0. The van der Waals surface area contributed by atoms with Crippen molar-refractivity contribution in [1.29, 1.82) is 0 Å². The van der Waals surface area contributed by atoms with E-state index in [0.29, 0.717) is 58.6 Å². The van der Waals surface area contributed by atoms with Gasteiger partial charge in [0, 0.05) is 24.9 Å². The fourth-order valence-corrected chi connectivity index (χ4v) is 6.07. The molecule has 1 aliphatic carbocycles. The van der Waals surface area contributed by atoms with Gasteiger partial charge < -0.3 is 19.1 Å². The van der Waals surface area contributed by atoms with Crippen LogP contribution in [0.15, 0.2) is 91.0 Å². The Balaban J connectivity index is 1.34. The lowest BCUT2D eigenvalue weighted by molar-refractivity contribution is -0.190. The van der Waals surface area contributed by atoms with Crippen LogP contribution >= 0.6 is 0 Å². The molecule has 0 N–H and O–H groups in total. The predicted molar refractivity (Wildman–Crippen MR) is 158 cm³/mol. The lowest BCUT2D eigenvalue weighted by atomic mass is 9.78. The summed E-state index contributed by atoms with van der Waals surface area (Å²) < 4.78 is 47.4. The summed E-state index contributed by atoms with van der Waals surface area (Å²) in [5, 5.41) is 0. The number of nitrogens with zero attached hydrogens (tertiary/aromatic N) is 1. The number of carbonyl (C=O) groups excluding carboxylic acids is 1. The number of piperidine rings is 1. The van der Waals surface area contributed by atoms with Crippen LogP contribution in [0, 0.1) is 11.8 Å². The number of hydrogen-bond donors (Lipinski definition) is 0. The normalized spacial score (nSPS) is 24.8. The Morgan fingerprint density at radius 3 is 1.50 bits per heavy atom. The number of hydrogen-bond acceptors (Lipinski definition) is 4. The van der Waals surface area contributed by atoms with Crippen LogP contribution in [0.3, 0.4) is 0 Å². The second-order valence-electron chi connectivity index (χ2n) is 11.7. The number of rotatable bonds is 11. The molecular formula is C35H41F2NO4. The Hall–Kier alpha value is -3.13. The molecule has 0 spiro atoms. The van der Waals surface area contributed by atoms with Gasteiger partial charge in [-0.05, 0) is 49.3 Å². The molecule has 224 valence electrons. The Kier molecular flexibility index (Phi) is 10.4. The second-order valence-corrected chi connectivity index (χ2v) is 11.7. The summed E-state index contributed by atoms with van der Waals surface area (Å²) in [5.41, 5.74) is 3.11. The minimum absolute atomic E-state index is 0.00370. The third kappa shape index (κ3) is 8.24. The number of likely N-dealkylation sites (tertiary alicyclic amines) is 1. The summed E-state index contributed by atoms with van der Waals surface area (Å²) in [5.74, 6) is -3.65. The minimum atomic E-state index is -2.71. The lowest BCUT2D eigenvalue weighted by Gasteiger charge is -2.44. The average molecular weight is 578 g/mol. The Bertz CT molecular complexity index is 1180. The Morgan fingerprint density at radius 1 is 0.690 bits per heavy atom. The summed E-state index contributed by atoms with van der Waals surface area (Å²) in [4.78, 5) is 15.6. The van der Waals surface area contributed by atoms with E-state index >= 15 is 0 Å². The molecule has 1 saturated heterocycles. The predicted octanol–water partition coefficient (Wildman–Crippen LogP) is 7.05. The zero-order valence-electron chi connectivity index (χ0n) is 24.2. The molecule has 2 fully saturated rings. The molecule has 0 bridgehead atoms. The van der Waals surface area contributed by atoms with Gasteiger partial charge in [0.15, 0.2) is 0 Å². The van der Waals surface area contributed by atoms with Gasteiger partial charge in [-0.15, -0.1) is 0 Å². The fourth-order valence-electron chi connectivity index (χ4n) is 6.07. The minimum Gasteiger partial charge on any atom is -0.369 e. The van der Waals surface area contributed by atoms with E-state index < -0.39 is 30.2 Å². The second kappa shape index (κ2) is 14.4. The maximum absolute atomic E-state index is 13.9. The first-order valence-electron chi connectivity index (χ1n) is 15.0. The van der Waals surface area contributed by atoms with E-state index in [1.54, 1.807) is 0 Å². The molecule has 1 amide bonds. The zero-order valence-corrected chi connectivity index (χ0v) is 24.2. The van der Waals surface area contributed by atoms with Gasteiger partial charge >= 0.3 is 0 Å². The molecule has 7 heteroatoms. The Morgan fingerprint density at radius 2 is 1.10 bits per heavy atom. The van der Waals surface area contributed by atoms with Crippen molar-refractivity contribution >= 4 is 5.91 Å². The first-order chi connectivity index (χ1) is 20.4. The van der Waals surface area contributed by atoms with Crippen molar-refractivity contribution in [2.24, 2.45) is 11.8 Å². The highest BCUT2D eigenvalue weighted by Crippen LogP contribution is 2.39. The van der Waals surface area contributed by atoms with Gasteiger partial charge in [0.2, 0.25) is 11.8 Å². The molecule has 5 rings (SSSR count). The van der Waals surface area contributed by atoms with Gasteiger partial charge in [0.05, 0.1) is 19.8 Å². The molecule has 2 aliphatic rings. The maximum Gasteiger partial charge on any atom is 0.248 e. The van der Waals surface area contributed by atoms with Crippen molar-refractivity contribution in [2.75, 3.05) is 13.1 Å². The highest BCUT2D eigenvalue weighted by atomic mass is 19.3. The maximum atomic E-state index is 13.9. The van der Waals surface area contributed by atoms with Crippen LogP contribution in [-0.2, 0) is 38.8 Å². The van der Waals surface area contributed by atoms with Gasteiger partial charge in [-0.25, -0.2) is 8.78 Å². The third-order valence-electron chi connectivity index (χ3n) is 8.54. The van der Waals surface area contributed by atoms with Crippen molar-refractivity contribution in [1.82, 2.24) is 4.90 Å². The molecule has 5 nitrogen and oxygen atoms in total. The monoisotopic (exact) mass is 577 g/mol. The number of ether oxygens (including phenoxy) is 3. The number of halogens is 2. The highest BCUT2D eigenvalue weighted by Gasteiger charge is 2.44. The third-order valence-corrected chi connectivity index (χ3v) is 8.54. The van der Waals surface area contributed by atoms with Crippen molar-refractivity contribution in [3.8, 4) is 0 Å². The number of benzene rings is 3. The molecule has 2 atom stereocenters.